The van der Waals surface area contributed by atoms with E-state index in [2.05, 4.69) is 17.4 Å². The molecule has 3 nitrogen and oxygen atoms in total. The fraction of sp³-hybridized carbons (Fsp3) is 0.500. The van der Waals surface area contributed by atoms with Crippen LogP contribution in [0, 0.1) is 0 Å². The fourth-order valence-corrected chi connectivity index (χ4v) is 2.33. The highest BCUT2D eigenvalue weighted by Gasteiger charge is 2.02. The molecule has 0 aliphatic heterocycles. The van der Waals surface area contributed by atoms with Gasteiger partial charge in [0.2, 0.25) is 5.91 Å². The highest BCUT2D eigenvalue weighted by molar-refractivity contribution is 7.99. The summed E-state index contributed by atoms with van der Waals surface area (Å²) in [6.07, 6.45) is 1.99. The second kappa shape index (κ2) is 9.00. The molecule has 1 unspecified atom stereocenters. The standard InChI is InChI=1S/C14H22N2OS/c1-12(15)10-18-11-14(17)16-9-5-8-13-6-3-2-4-7-13/h2-4,6-7,12H,5,8-11,15H2,1H3,(H,16,17). The molecule has 1 amide bonds. The second-order valence-electron chi connectivity index (χ2n) is 4.43. The molecular formula is C14H22N2OS. The van der Waals surface area contributed by atoms with E-state index in [-0.39, 0.29) is 11.9 Å². The van der Waals surface area contributed by atoms with Gasteiger partial charge in [-0.05, 0) is 25.3 Å². The van der Waals surface area contributed by atoms with Crippen LogP contribution in [0.15, 0.2) is 30.3 Å². The quantitative estimate of drug-likeness (QED) is 0.706. The summed E-state index contributed by atoms with van der Waals surface area (Å²) in [5, 5.41) is 2.93. The average molecular weight is 266 g/mol. The first-order valence-electron chi connectivity index (χ1n) is 6.32. The van der Waals surface area contributed by atoms with E-state index in [1.165, 1.54) is 5.56 Å². The summed E-state index contributed by atoms with van der Waals surface area (Å²) in [6.45, 7) is 2.69. The van der Waals surface area contributed by atoms with E-state index < -0.39 is 0 Å². The van der Waals surface area contributed by atoms with Crippen LogP contribution < -0.4 is 11.1 Å². The molecule has 3 N–H and O–H groups in total. The van der Waals surface area contributed by atoms with E-state index in [1.807, 2.05) is 25.1 Å². The number of aryl methyl sites for hydroxylation is 1. The number of hydrogen-bond donors (Lipinski definition) is 2. The first-order valence-corrected chi connectivity index (χ1v) is 7.48. The third-order valence-corrected chi connectivity index (χ3v) is 3.65. The molecule has 4 heteroatoms. The average Bonchev–Trinajstić information content (AvgIpc) is 2.35. The molecule has 0 radical (unpaired) electrons. The highest BCUT2D eigenvalue weighted by atomic mass is 32.2. The molecule has 0 fully saturated rings. The number of nitrogens with two attached hydrogens (primary N) is 1. The zero-order valence-electron chi connectivity index (χ0n) is 10.9. The molecule has 0 spiro atoms. The zero-order valence-corrected chi connectivity index (χ0v) is 11.7. The number of hydrogen-bond acceptors (Lipinski definition) is 3. The van der Waals surface area contributed by atoms with Crippen molar-refractivity contribution >= 4 is 17.7 Å². The molecule has 0 heterocycles. The molecule has 0 saturated carbocycles. The maximum Gasteiger partial charge on any atom is 0.229 e. The normalized spacial score (nSPS) is 12.1. The lowest BCUT2D eigenvalue weighted by molar-refractivity contribution is -0.118. The Balaban J connectivity index is 2.02. The van der Waals surface area contributed by atoms with Crippen molar-refractivity contribution < 1.29 is 4.79 Å². The Morgan fingerprint density at radius 1 is 1.39 bits per heavy atom. The van der Waals surface area contributed by atoms with Crippen LogP contribution in [-0.2, 0) is 11.2 Å². The van der Waals surface area contributed by atoms with Gasteiger partial charge < -0.3 is 11.1 Å². The molecule has 1 atom stereocenters. The van der Waals surface area contributed by atoms with Gasteiger partial charge in [0.05, 0.1) is 5.75 Å². The minimum Gasteiger partial charge on any atom is -0.355 e. The molecule has 0 bridgehead atoms. The van der Waals surface area contributed by atoms with Crippen molar-refractivity contribution in [3.8, 4) is 0 Å². The van der Waals surface area contributed by atoms with Crippen LogP contribution >= 0.6 is 11.8 Å². The molecule has 1 aromatic rings. The summed E-state index contributed by atoms with van der Waals surface area (Å²) >= 11 is 1.59. The topological polar surface area (TPSA) is 55.1 Å². The Bertz CT molecular complexity index is 341. The molecule has 0 aliphatic rings. The maximum atomic E-state index is 11.5. The van der Waals surface area contributed by atoms with Crippen molar-refractivity contribution in [2.24, 2.45) is 5.73 Å². The predicted octanol–water partition coefficient (Wildman–Crippen LogP) is 1.82. The molecular weight excluding hydrogens is 244 g/mol. The van der Waals surface area contributed by atoms with E-state index in [9.17, 15) is 4.79 Å². The van der Waals surface area contributed by atoms with Gasteiger partial charge in [-0.2, -0.15) is 11.8 Å². The molecule has 0 aromatic heterocycles. The largest absolute Gasteiger partial charge is 0.355 e. The fourth-order valence-electron chi connectivity index (χ4n) is 1.55. The van der Waals surface area contributed by atoms with Gasteiger partial charge in [-0.15, -0.1) is 0 Å². The summed E-state index contributed by atoms with van der Waals surface area (Å²) < 4.78 is 0. The molecule has 100 valence electrons. The number of amides is 1. The van der Waals surface area contributed by atoms with Crippen LogP contribution in [0.5, 0.6) is 0 Å². The summed E-state index contributed by atoms with van der Waals surface area (Å²) in [5.41, 5.74) is 6.93. The van der Waals surface area contributed by atoms with Crippen molar-refractivity contribution in [1.29, 1.82) is 0 Å². The van der Waals surface area contributed by atoms with Crippen molar-refractivity contribution in [3.05, 3.63) is 35.9 Å². The van der Waals surface area contributed by atoms with Crippen molar-refractivity contribution in [3.63, 3.8) is 0 Å². The second-order valence-corrected chi connectivity index (χ2v) is 5.46. The van der Waals surface area contributed by atoms with Crippen LogP contribution in [0.2, 0.25) is 0 Å². The first-order chi connectivity index (χ1) is 8.68. The van der Waals surface area contributed by atoms with Gasteiger partial charge in [-0.3, -0.25) is 4.79 Å². The van der Waals surface area contributed by atoms with Gasteiger partial charge in [0.15, 0.2) is 0 Å². The number of rotatable bonds is 8. The minimum absolute atomic E-state index is 0.105. The summed E-state index contributed by atoms with van der Waals surface area (Å²) in [5.74, 6) is 1.44. The Hall–Kier alpha value is -1.00. The minimum atomic E-state index is 0.105. The Kier molecular flexibility index (Phi) is 7.53. The van der Waals surface area contributed by atoms with Crippen LogP contribution in [-0.4, -0.2) is 30.0 Å². The van der Waals surface area contributed by atoms with E-state index in [1.54, 1.807) is 11.8 Å². The SMILES string of the molecule is CC(N)CSCC(=O)NCCCc1ccccc1. The van der Waals surface area contributed by atoms with Crippen molar-refractivity contribution in [2.75, 3.05) is 18.1 Å². The maximum absolute atomic E-state index is 11.5. The smallest absolute Gasteiger partial charge is 0.229 e. The van der Waals surface area contributed by atoms with E-state index in [0.29, 0.717) is 5.75 Å². The van der Waals surface area contributed by atoms with Gasteiger partial charge in [0.25, 0.3) is 0 Å². The number of benzene rings is 1. The molecule has 1 rings (SSSR count). The van der Waals surface area contributed by atoms with Gasteiger partial charge in [-0.25, -0.2) is 0 Å². The summed E-state index contributed by atoms with van der Waals surface area (Å²) in [7, 11) is 0. The summed E-state index contributed by atoms with van der Waals surface area (Å²) in [4.78, 5) is 11.5. The predicted molar refractivity (Wildman–Crippen MR) is 78.7 cm³/mol. The van der Waals surface area contributed by atoms with E-state index in [0.717, 1.165) is 25.1 Å². The molecule has 0 saturated heterocycles. The Morgan fingerprint density at radius 2 is 2.11 bits per heavy atom. The number of carbonyl (C=O) groups is 1. The molecule has 0 aliphatic carbocycles. The number of nitrogens with one attached hydrogen (secondary N) is 1. The Labute approximate surface area is 114 Å². The molecule has 1 aromatic carbocycles. The third kappa shape index (κ3) is 7.35. The highest BCUT2D eigenvalue weighted by Crippen LogP contribution is 2.02. The monoisotopic (exact) mass is 266 g/mol. The first kappa shape index (κ1) is 15.1. The van der Waals surface area contributed by atoms with Crippen LogP contribution in [0.25, 0.3) is 0 Å². The van der Waals surface area contributed by atoms with Crippen LogP contribution in [0.1, 0.15) is 18.9 Å². The van der Waals surface area contributed by atoms with Gasteiger partial charge in [0.1, 0.15) is 0 Å². The van der Waals surface area contributed by atoms with Crippen LogP contribution in [0.4, 0.5) is 0 Å². The van der Waals surface area contributed by atoms with Crippen molar-refractivity contribution in [2.45, 2.75) is 25.8 Å². The van der Waals surface area contributed by atoms with Crippen molar-refractivity contribution in [1.82, 2.24) is 5.32 Å². The lowest BCUT2D eigenvalue weighted by atomic mass is 10.1. The van der Waals surface area contributed by atoms with Crippen LogP contribution in [0.3, 0.4) is 0 Å². The van der Waals surface area contributed by atoms with Gasteiger partial charge in [0, 0.05) is 18.3 Å². The lowest BCUT2D eigenvalue weighted by Crippen LogP contribution is -2.27. The Morgan fingerprint density at radius 3 is 2.78 bits per heavy atom. The third-order valence-electron chi connectivity index (χ3n) is 2.42. The lowest BCUT2D eigenvalue weighted by Gasteiger charge is -2.06. The van der Waals surface area contributed by atoms with Gasteiger partial charge in [-0.1, -0.05) is 30.3 Å². The zero-order chi connectivity index (χ0) is 13.2. The van der Waals surface area contributed by atoms with Gasteiger partial charge >= 0.3 is 0 Å². The number of carbonyl (C=O) groups excluding carboxylic acids is 1. The van der Waals surface area contributed by atoms with E-state index in [4.69, 9.17) is 5.73 Å². The molecule has 18 heavy (non-hydrogen) atoms. The summed E-state index contributed by atoms with van der Waals surface area (Å²) in [6, 6.07) is 10.5. The number of thioether (sulfide) groups is 1. The van der Waals surface area contributed by atoms with E-state index >= 15 is 0 Å².